The molecule has 0 saturated heterocycles. The van der Waals surface area contributed by atoms with E-state index in [0.29, 0.717) is 0 Å². The minimum Gasteiger partial charge on any atom is -0.472 e. The predicted octanol–water partition coefficient (Wildman–Crippen LogP) is 4.52. The van der Waals surface area contributed by atoms with Crippen molar-refractivity contribution in [3.63, 3.8) is 0 Å². The Hall–Kier alpha value is -3.57. The predicted molar refractivity (Wildman–Crippen MR) is 112 cm³/mol. The molecule has 4 aromatic rings. The number of rotatable bonds is 0. The van der Waals surface area contributed by atoms with Crippen molar-refractivity contribution in [2.45, 2.75) is 0 Å². The van der Waals surface area contributed by atoms with Crippen LogP contribution >= 0.6 is 0 Å². The number of hydrogen-bond acceptors (Lipinski definition) is 2. The number of hydrogen-bond donors (Lipinski definition) is 2. The molecular weight excluding hydrogens is 400 g/mol. The smallest absolute Gasteiger partial charge is 0.472 e. The Labute approximate surface area is 184 Å². The standard InChI is InChI=1S/2C9H7.2C3H2O2.Ti/c2*1-2-5-9-7-3-6-8(9)4-1;2*1-2-3(4)5;/h2*1-7H;2*1H,(H,4,5);/q2*-1;;;+2. The van der Waals surface area contributed by atoms with E-state index in [4.69, 9.17) is 19.8 Å². The Bertz CT molecular complexity index is 957. The first-order chi connectivity index (χ1) is 13.5. The van der Waals surface area contributed by atoms with Crippen LogP contribution in [-0.4, -0.2) is 22.2 Å². The zero-order valence-electron chi connectivity index (χ0n) is 15.4. The van der Waals surface area contributed by atoms with Crippen molar-refractivity contribution < 1.29 is 41.5 Å². The van der Waals surface area contributed by atoms with Gasteiger partial charge in [0, 0.05) is 11.8 Å². The number of fused-ring (bicyclic) bond motifs is 2. The van der Waals surface area contributed by atoms with Crippen LogP contribution in [-0.2, 0) is 31.3 Å². The second-order valence-electron chi connectivity index (χ2n) is 5.21. The van der Waals surface area contributed by atoms with Gasteiger partial charge >= 0.3 is 33.7 Å². The molecule has 4 nitrogen and oxygen atoms in total. The summed E-state index contributed by atoms with van der Waals surface area (Å²) in [5, 5.41) is 20.3. The first kappa shape index (κ1) is 25.4. The van der Waals surface area contributed by atoms with Gasteiger partial charge in [-0.2, -0.15) is 35.0 Å². The summed E-state index contributed by atoms with van der Waals surface area (Å²) in [6.45, 7) is 0. The fraction of sp³-hybridized carbons (Fsp3) is 0. The minimum atomic E-state index is -1.22. The van der Waals surface area contributed by atoms with Crippen molar-refractivity contribution in [2.24, 2.45) is 0 Å². The zero-order valence-corrected chi connectivity index (χ0v) is 17.0. The molecule has 0 fully saturated rings. The molecule has 0 aliphatic carbocycles. The van der Waals surface area contributed by atoms with Gasteiger partial charge in [-0.05, 0) is 0 Å². The molecule has 0 amide bonds. The second-order valence-corrected chi connectivity index (χ2v) is 5.21. The number of carboxylic acid groups (broad SMARTS) is 2. The van der Waals surface area contributed by atoms with E-state index < -0.39 is 11.9 Å². The van der Waals surface area contributed by atoms with Crippen molar-refractivity contribution in [2.75, 3.05) is 0 Å². The van der Waals surface area contributed by atoms with E-state index in [2.05, 4.69) is 97.8 Å². The van der Waals surface area contributed by atoms with Gasteiger partial charge in [0.15, 0.2) is 0 Å². The molecule has 29 heavy (non-hydrogen) atoms. The summed E-state index contributed by atoms with van der Waals surface area (Å²) in [6.07, 6.45) is 8.64. The van der Waals surface area contributed by atoms with E-state index in [-0.39, 0.29) is 21.7 Å². The molecule has 0 aromatic heterocycles. The summed E-state index contributed by atoms with van der Waals surface area (Å²) in [7, 11) is 0. The molecule has 142 valence electrons. The molecule has 4 rings (SSSR count). The largest absolute Gasteiger partial charge is 2.00 e. The SMILES string of the molecule is C#CC(=O)O.C#CC(=O)O.[Ti+2].c1ccc2[cH-]ccc2c1.c1ccc2[cH-]ccc2c1. The van der Waals surface area contributed by atoms with Crippen molar-refractivity contribution in [3.05, 3.63) is 84.9 Å². The molecule has 0 unspecified atom stereocenters. The number of carboxylic acids is 2. The molecule has 2 N–H and O–H groups in total. The van der Waals surface area contributed by atoms with Crippen molar-refractivity contribution in [1.29, 1.82) is 0 Å². The quantitative estimate of drug-likeness (QED) is 0.250. The maximum absolute atomic E-state index is 9.13. The Balaban J connectivity index is 0.000000373. The van der Waals surface area contributed by atoms with Gasteiger partial charge in [0.05, 0.1) is 0 Å². The molecular formula is C24H18O4Ti. The molecule has 0 aliphatic rings. The van der Waals surface area contributed by atoms with Crippen LogP contribution < -0.4 is 0 Å². The summed E-state index contributed by atoms with van der Waals surface area (Å²) in [4.78, 5) is 18.3. The maximum Gasteiger partial charge on any atom is 2.00 e. The third kappa shape index (κ3) is 10.4. The fourth-order valence-corrected chi connectivity index (χ4v) is 2.14. The van der Waals surface area contributed by atoms with Crippen LogP contribution in [0.5, 0.6) is 0 Å². The van der Waals surface area contributed by atoms with Crippen molar-refractivity contribution >= 4 is 33.5 Å². The van der Waals surface area contributed by atoms with Crippen LogP contribution in [0.2, 0.25) is 0 Å². The van der Waals surface area contributed by atoms with Gasteiger partial charge < -0.3 is 10.2 Å². The maximum atomic E-state index is 9.13. The topological polar surface area (TPSA) is 74.6 Å². The Morgan fingerprint density at radius 2 is 1.00 bits per heavy atom. The zero-order chi connectivity index (χ0) is 20.8. The van der Waals surface area contributed by atoms with E-state index in [0.717, 1.165) is 0 Å². The third-order valence-corrected chi connectivity index (χ3v) is 3.34. The fourth-order valence-electron chi connectivity index (χ4n) is 2.14. The van der Waals surface area contributed by atoms with E-state index in [9.17, 15) is 0 Å². The van der Waals surface area contributed by atoms with Gasteiger partial charge in [0.2, 0.25) is 0 Å². The monoisotopic (exact) mass is 418 g/mol. The molecule has 5 heteroatoms. The van der Waals surface area contributed by atoms with Crippen molar-refractivity contribution in [3.8, 4) is 24.7 Å². The Morgan fingerprint density at radius 1 is 0.690 bits per heavy atom. The minimum absolute atomic E-state index is 0. The molecule has 4 aromatic carbocycles. The molecule has 0 atom stereocenters. The first-order valence-electron chi connectivity index (χ1n) is 8.08. The second kappa shape index (κ2) is 14.5. The van der Waals surface area contributed by atoms with Gasteiger partial charge in [-0.1, -0.05) is 12.1 Å². The molecule has 0 spiro atoms. The van der Waals surface area contributed by atoms with Gasteiger partial charge in [-0.3, -0.25) is 0 Å². The number of carbonyl (C=O) groups is 2. The summed E-state index contributed by atoms with van der Waals surface area (Å²) in [5.41, 5.74) is 0. The Kier molecular flexibility index (Phi) is 12.7. The van der Waals surface area contributed by atoms with Crippen LogP contribution in [0.1, 0.15) is 0 Å². The molecule has 0 aliphatic heterocycles. The third-order valence-electron chi connectivity index (χ3n) is 3.34. The van der Waals surface area contributed by atoms with E-state index in [1.807, 2.05) is 0 Å². The number of benzene rings is 2. The summed E-state index contributed by atoms with van der Waals surface area (Å²) >= 11 is 0. The Morgan fingerprint density at radius 3 is 1.28 bits per heavy atom. The number of aliphatic carboxylic acids is 2. The molecule has 0 bridgehead atoms. The van der Waals surface area contributed by atoms with E-state index >= 15 is 0 Å². The van der Waals surface area contributed by atoms with Crippen LogP contribution in [0, 0.1) is 24.7 Å². The average molecular weight is 418 g/mol. The van der Waals surface area contributed by atoms with Crippen molar-refractivity contribution in [1.82, 2.24) is 0 Å². The van der Waals surface area contributed by atoms with E-state index in [1.54, 1.807) is 0 Å². The summed E-state index contributed by atoms with van der Waals surface area (Å²) in [5.74, 6) is 0.454. The summed E-state index contributed by atoms with van der Waals surface area (Å²) in [6, 6.07) is 29.3. The molecule has 0 radical (unpaired) electrons. The van der Waals surface area contributed by atoms with Gasteiger partial charge in [-0.25, -0.2) is 9.59 Å². The van der Waals surface area contributed by atoms with Gasteiger partial charge in [-0.15, -0.1) is 72.2 Å². The first-order valence-corrected chi connectivity index (χ1v) is 8.08. The molecule has 0 heterocycles. The normalized spacial score (nSPS) is 8.21. The number of terminal acetylenes is 2. The van der Waals surface area contributed by atoms with Crippen LogP contribution in [0.3, 0.4) is 0 Å². The van der Waals surface area contributed by atoms with Gasteiger partial charge in [0.25, 0.3) is 0 Å². The van der Waals surface area contributed by atoms with Crippen LogP contribution in [0.15, 0.2) is 84.9 Å². The van der Waals surface area contributed by atoms with Gasteiger partial charge in [0.1, 0.15) is 0 Å². The molecule has 0 saturated carbocycles. The average Bonchev–Trinajstić information content (AvgIpc) is 3.38. The van der Waals surface area contributed by atoms with E-state index in [1.165, 1.54) is 33.4 Å². The van der Waals surface area contributed by atoms with Crippen LogP contribution in [0.25, 0.3) is 21.5 Å². The summed E-state index contributed by atoms with van der Waals surface area (Å²) < 4.78 is 0. The van der Waals surface area contributed by atoms with Crippen LogP contribution in [0.4, 0.5) is 0 Å².